The van der Waals surface area contributed by atoms with Crippen LogP contribution in [0.2, 0.25) is 0 Å². The first-order valence-electron chi connectivity index (χ1n) is 8.26. The van der Waals surface area contributed by atoms with Crippen LogP contribution in [0.1, 0.15) is 54.2 Å². The van der Waals surface area contributed by atoms with Gasteiger partial charge in [0.1, 0.15) is 6.04 Å². The molecule has 1 aliphatic carbocycles. The molecule has 0 aromatic carbocycles. The molecular weight excluding hydrogens is 326 g/mol. The number of amides is 3. The second-order valence-electron chi connectivity index (χ2n) is 6.77. The highest BCUT2D eigenvalue weighted by Gasteiger charge is 2.24. The maximum atomic E-state index is 12.3. The summed E-state index contributed by atoms with van der Waals surface area (Å²) in [6.45, 7) is 7.24. The van der Waals surface area contributed by atoms with Crippen LogP contribution >= 0.6 is 11.3 Å². The molecule has 0 spiro atoms. The van der Waals surface area contributed by atoms with Crippen molar-refractivity contribution in [3.63, 3.8) is 0 Å². The molecule has 1 aromatic heterocycles. The lowest BCUT2D eigenvalue weighted by molar-refractivity contribution is -0.129. The van der Waals surface area contributed by atoms with Crippen LogP contribution in [0.3, 0.4) is 0 Å². The van der Waals surface area contributed by atoms with E-state index < -0.39 is 11.9 Å². The average Bonchev–Trinajstić information content (AvgIpc) is 2.92. The smallest absolute Gasteiger partial charge is 0.279 e. The number of aryl methyl sites for hydroxylation is 1. The molecular formula is C17H25N3O3S. The van der Waals surface area contributed by atoms with E-state index in [1.807, 2.05) is 19.9 Å². The molecule has 6 nitrogen and oxygen atoms in total. The van der Waals surface area contributed by atoms with Gasteiger partial charge in [-0.25, -0.2) is 0 Å². The third kappa shape index (κ3) is 4.56. The van der Waals surface area contributed by atoms with Gasteiger partial charge in [0.25, 0.3) is 11.8 Å². The second kappa shape index (κ2) is 7.79. The van der Waals surface area contributed by atoms with E-state index in [1.54, 1.807) is 0 Å². The molecule has 0 unspecified atom stereocenters. The largest absolute Gasteiger partial charge is 0.344 e. The lowest BCUT2D eigenvalue weighted by atomic mass is 9.90. The highest BCUT2D eigenvalue weighted by atomic mass is 32.1. The number of fused-ring (bicyclic) bond motifs is 1. The van der Waals surface area contributed by atoms with Gasteiger partial charge in [0.05, 0.1) is 4.88 Å². The fraction of sp³-hybridized carbons (Fsp3) is 0.588. The quantitative estimate of drug-likeness (QED) is 0.723. The van der Waals surface area contributed by atoms with Crippen LogP contribution < -0.4 is 16.2 Å². The summed E-state index contributed by atoms with van der Waals surface area (Å²) in [5, 5.41) is 2.59. The standard InChI is InChI=1S/C17H25N3O3S/c1-9(2)15(18-11(4)21)17(23)20-19-16(22)14-8-12-7-10(3)5-6-13(12)24-14/h8-10,15H,5-7H2,1-4H3,(H,18,21)(H,19,22)(H,20,23)/t10-,15-/m1/s1. The number of carbonyl (C=O) groups is 3. The molecule has 2 rings (SSSR count). The van der Waals surface area contributed by atoms with Crippen LogP contribution in [0.4, 0.5) is 0 Å². The van der Waals surface area contributed by atoms with E-state index in [4.69, 9.17) is 0 Å². The van der Waals surface area contributed by atoms with Crippen LogP contribution in [-0.4, -0.2) is 23.8 Å². The van der Waals surface area contributed by atoms with E-state index >= 15 is 0 Å². The Morgan fingerprint density at radius 2 is 1.96 bits per heavy atom. The molecule has 1 heterocycles. The lowest BCUT2D eigenvalue weighted by Crippen LogP contribution is -2.53. The molecule has 7 heteroatoms. The molecule has 0 radical (unpaired) electrons. The molecule has 2 atom stereocenters. The van der Waals surface area contributed by atoms with Gasteiger partial charge in [0, 0.05) is 11.8 Å². The van der Waals surface area contributed by atoms with Crippen LogP contribution in [0.15, 0.2) is 6.07 Å². The van der Waals surface area contributed by atoms with Gasteiger partial charge in [-0.15, -0.1) is 11.3 Å². The van der Waals surface area contributed by atoms with Gasteiger partial charge >= 0.3 is 0 Å². The summed E-state index contributed by atoms with van der Waals surface area (Å²) >= 11 is 1.49. The molecule has 0 fully saturated rings. The summed E-state index contributed by atoms with van der Waals surface area (Å²) in [7, 11) is 0. The minimum absolute atomic E-state index is 0.0821. The Labute approximate surface area is 146 Å². The Hall–Kier alpha value is -1.89. The fourth-order valence-electron chi connectivity index (χ4n) is 2.83. The predicted octanol–water partition coefficient (Wildman–Crippen LogP) is 1.79. The van der Waals surface area contributed by atoms with Gasteiger partial charge in [-0.2, -0.15) is 0 Å². The molecule has 0 bridgehead atoms. The third-order valence-corrected chi connectivity index (χ3v) is 5.40. The van der Waals surface area contributed by atoms with Crippen molar-refractivity contribution in [1.29, 1.82) is 0 Å². The summed E-state index contributed by atoms with van der Waals surface area (Å²) in [5.41, 5.74) is 6.10. The minimum atomic E-state index is -0.680. The second-order valence-corrected chi connectivity index (χ2v) is 7.91. The molecule has 0 saturated heterocycles. The van der Waals surface area contributed by atoms with Gasteiger partial charge in [-0.1, -0.05) is 20.8 Å². The Morgan fingerprint density at radius 3 is 2.58 bits per heavy atom. The maximum absolute atomic E-state index is 12.3. The zero-order chi connectivity index (χ0) is 17.9. The summed E-state index contributed by atoms with van der Waals surface area (Å²) in [6, 6.07) is 1.24. The monoisotopic (exact) mass is 351 g/mol. The van der Waals surface area contributed by atoms with Gasteiger partial charge < -0.3 is 5.32 Å². The molecule has 0 aliphatic heterocycles. The zero-order valence-corrected chi connectivity index (χ0v) is 15.4. The number of hydrogen-bond donors (Lipinski definition) is 3. The first-order valence-corrected chi connectivity index (χ1v) is 9.08. The number of hydrogen-bond acceptors (Lipinski definition) is 4. The number of thiophene rings is 1. The van der Waals surface area contributed by atoms with E-state index in [1.165, 1.54) is 28.7 Å². The van der Waals surface area contributed by atoms with Crippen molar-refractivity contribution in [2.45, 2.75) is 53.0 Å². The fourth-order valence-corrected chi connectivity index (χ4v) is 3.93. The Balaban J connectivity index is 1.95. The third-order valence-electron chi connectivity index (χ3n) is 4.16. The van der Waals surface area contributed by atoms with E-state index in [2.05, 4.69) is 23.1 Å². The van der Waals surface area contributed by atoms with E-state index in [0.29, 0.717) is 10.8 Å². The van der Waals surface area contributed by atoms with Gasteiger partial charge in [-0.3, -0.25) is 25.2 Å². The molecule has 1 aromatic rings. The van der Waals surface area contributed by atoms with Crippen molar-refractivity contribution in [2.24, 2.45) is 11.8 Å². The number of carbonyl (C=O) groups excluding carboxylic acids is 3. The average molecular weight is 351 g/mol. The highest BCUT2D eigenvalue weighted by molar-refractivity contribution is 7.14. The molecule has 132 valence electrons. The highest BCUT2D eigenvalue weighted by Crippen LogP contribution is 2.32. The first-order chi connectivity index (χ1) is 11.3. The molecule has 1 aliphatic rings. The van der Waals surface area contributed by atoms with E-state index in [9.17, 15) is 14.4 Å². The number of rotatable bonds is 4. The minimum Gasteiger partial charge on any atom is -0.344 e. The molecule has 3 amide bonds. The summed E-state index contributed by atoms with van der Waals surface area (Å²) in [5.74, 6) is -0.465. The van der Waals surface area contributed by atoms with E-state index in [-0.39, 0.29) is 17.7 Å². The van der Waals surface area contributed by atoms with Crippen LogP contribution in [0.5, 0.6) is 0 Å². The van der Waals surface area contributed by atoms with Crippen molar-refractivity contribution >= 4 is 29.1 Å². The van der Waals surface area contributed by atoms with E-state index in [0.717, 1.165) is 19.3 Å². The van der Waals surface area contributed by atoms with Crippen LogP contribution in [0.25, 0.3) is 0 Å². The Morgan fingerprint density at radius 1 is 1.25 bits per heavy atom. The molecule has 24 heavy (non-hydrogen) atoms. The lowest BCUT2D eigenvalue weighted by Gasteiger charge is -2.20. The Bertz CT molecular complexity index is 639. The van der Waals surface area contributed by atoms with Crippen LogP contribution in [0, 0.1) is 11.8 Å². The van der Waals surface area contributed by atoms with Crippen molar-refractivity contribution < 1.29 is 14.4 Å². The number of nitrogens with one attached hydrogen (secondary N) is 3. The van der Waals surface area contributed by atoms with Crippen molar-refractivity contribution in [3.05, 3.63) is 21.4 Å². The van der Waals surface area contributed by atoms with Gasteiger partial charge in [0.15, 0.2) is 0 Å². The van der Waals surface area contributed by atoms with Gasteiger partial charge in [0.2, 0.25) is 5.91 Å². The summed E-state index contributed by atoms with van der Waals surface area (Å²) in [6.07, 6.45) is 3.17. The SMILES string of the molecule is CC(=O)N[C@@H](C(=O)NNC(=O)c1cc2c(s1)CC[C@@H](C)C2)C(C)C. The molecule has 3 N–H and O–H groups in total. The normalized spacial score (nSPS) is 17.8. The molecule has 0 saturated carbocycles. The predicted molar refractivity (Wildman–Crippen MR) is 93.6 cm³/mol. The first kappa shape index (κ1) is 18.4. The van der Waals surface area contributed by atoms with Gasteiger partial charge in [-0.05, 0) is 42.7 Å². The van der Waals surface area contributed by atoms with Crippen molar-refractivity contribution in [2.75, 3.05) is 0 Å². The summed E-state index contributed by atoms with van der Waals surface area (Å²) in [4.78, 5) is 37.5. The maximum Gasteiger partial charge on any atom is 0.279 e. The van der Waals surface area contributed by atoms with Crippen molar-refractivity contribution in [1.82, 2.24) is 16.2 Å². The summed E-state index contributed by atoms with van der Waals surface area (Å²) < 4.78 is 0. The topological polar surface area (TPSA) is 87.3 Å². The van der Waals surface area contributed by atoms with Crippen molar-refractivity contribution in [3.8, 4) is 0 Å². The van der Waals surface area contributed by atoms with Crippen LogP contribution in [-0.2, 0) is 22.4 Å². The number of hydrazine groups is 1. The zero-order valence-electron chi connectivity index (χ0n) is 14.6. The Kier molecular flexibility index (Phi) is 5.99.